The van der Waals surface area contributed by atoms with Crippen LogP contribution in [0.1, 0.15) is 31.2 Å². The molecule has 1 aromatic carbocycles. The number of carbonyl (C=O) groups is 1. The molecule has 2 aliphatic carbocycles. The number of benzene rings is 1. The van der Waals surface area contributed by atoms with Gasteiger partial charge in [0.15, 0.2) is 0 Å². The molecule has 5 nitrogen and oxygen atoms in total. The topological polar surface area (TPSA) is 66.5 Å². The highest BCUT2D eigenvalue weighted by Crippen LogP contribution is 2.44. The standard InChI is InChI=1S/C17H20ClF3N2O3S/c1-27(25,26)23(12-4-5-14(18)13(8-12)17(19,20)21)9-16(24)22-15-7-10-2-3-11(15)6-10/h4-5,8,10-11,15H,2-3,6-7,9H2,1H3,(H,22,24)/t10-,11-,15+/m0/s1. The summed E-state index contributed by atoms with van der Waals surface area (Å²) in [4.78, 5) is 12.4. The van der Waals surface area contributed by atoms with Gasteiger partial charge in [0.1, 0.15) is 6.54 Å². The van der Waals surface area contributed by atoms with Gasteiger partial charge in [0.05, 0.1) is 22.5 Å². The number of halogens is 4. The van der Waals surface area contributed by atoms with E-state index in [1.807, 2.05) is 0 Å². The van der Waals surface area contributed by atoms with E-state index in [1.54, 1.807) is 0 Å². The predicted octanol–water partition coefficient (Wildman–Crippen LogP) is 3.43. The molecule has 150 valence electrons. The number of nitrogens with zero attached hydrogens (tertiary/aromatic N) is 1. The van der Waals surface area contributed by atoms with Crippen LogP contribution in [0.25, 0.3) is 0 Å². The van der Waals surface area contributed by atoms with E-state index in [1.165, 1.54) is 0 Å². The van der Waals surface area contributed by atoms with Crippen LogP contribution in [-0.2, 0) is 21.0 Å². The molecule has 2 bridgehead atoms. The molecule has 0 spiro atoms. The molecular formula is C17H20ClF3N2O3S. The quantitative estimate of drug-likeness (QED) is 0.787. The fourth-order valence-electron chi connectivity index (χ4n) is 4.09. The molecule has 2 saturated carbocycles. The average molecular weight is 425 g/mol. The van der Waals surface area contributed by atoms with Crippen molar-refractivity contribution in [2.24, 2.45) is 11.8 Å². The van der Waals surface area contributed by atoms with Gasteiger partial charge < -0.3 is 5.32 Å². The maximum absolute atomic E-state index is 13.1. The average Bonchev–Trinajstić information content (AvgIpc) is 3.14. The predicted molar refractivity (Wildman–Crippen MR) is 96.0 cm³/mol. The van der Waals surface area contributed by atoms with Crippen LogP contribution in [0.2, 0.25) is 5.02 Å². The largest absolute Gasteiger partial charge is 0.417 e. The van der Waals surface area contributed by atoms with Gasteiger partial charge in [-0.1, -0.05) is 18.0 Å². The number of hydrogen-bond acceptors (Lipinski definition) is 3. The maximum atomic E-state index is 13.1. The molecule has 2 fully saturated rings. The van der Waals surface area contributed by atoms with Crippen LogP contribution in [0.3, 0.4) is 0 Å². The summed E-state index contributed by atoms with van der Waals surface area (Å²) in [5, 5.41) is 2.31. The molecule has 0 saturated heterocycles. The van der Waals surface area contributed by atoms with Gasteiger partial charge >= 0.3 is 6.18 Å². The van der Waals surface area contributed by atoms with Crippen LogP contribution < -0.4 is 9.62 Å². The Bertz CT molecular complexity index is 844. The third kappa shape index (κ3) is 4.51. The van der Waals surface area contributed by atoms with Crippen molar-refractivity contribution < 1.29 is 26.4 Å². The highest BCUT2D eigenvalue weighted by atomic mass is 35.5. The number of alkyl halides is 3. The fourth-order valence-corrected chi connectivity index (χ4v) is 5.16. The van der Waals surface area contributed by atoms with Crippen molar-refractivity contribution in [1.82, 2.24) is 5.32 Å². The van der Waals surface area contributed by atoms with Crippen LogP contribution in [0, 0.1) is 11.8 Å². The lowest BCUT2D eigenvalue weighted by Crippen LogP contribution is -2.45. The molecule has 0 aliphatic heterocycles. The number of nitrogens with one attached hydrogen (secondary N) is 1. The molecule has 1 aromatic rings. The molecule has 3 rings (SSSR count). The van der Waals surface area contributed by atoms with Gasteiger partial charge in [-0.25, -0.2) is 8.42 Å². The summed E-state index contributed by atoms with van der Waals surface area (Å²) in [6.07, 6.45) is 0.234. The van der Waals surface area contributed by atoms with Crippen molar-refractivity contribution in [3.05, 3.63) is 28.8 Å². The molecule has 0 radical (unpaired) electrons. The van der Waals surface area contributed by atoms with Crippen molar-refractivity contribution in [3.63, 3.8) is 0 Å². The third-order valence-corrected chi connectivity index (χ3v) is 6.79. The number of rotatable bonds is 5. The Balaban J connectivity index is 1.80. The van der Waals surface area contributed by atoms with Gasteiger partial charge in [-0.3, -0.25) is 9.10 Å². The smallest absolute Gasteiger partial charge is 0.352 e. The summed E-state index contributed by atoms with van der Waals surface area (Å²) in [6, 6.07) is 2.79. The molecule has 1 N–H and O–H groups in total. The second-order valence-electron chi connectivity index (χ2n) is 7.28. The Morgan fingerprint density at radius 2 is 2.00 bits per heavy atom. The first-order valence-electron chi connectivity index (χ1n) is 8.59. The Morgan fingerprint density at radius 1 is 1.30 bits per heavy atom. The summed E-state index contributed by atoms with van der Waals surface area (Å²) in [6.45, 7) is -0.578. The van der Waals surface area contributed by atoms with Crippen LogP contribution in [-0.4, -0.2) is 33.2 Å². The van der Waals surface area contributed by atoms with E-state index in [0.29, 0.717) is 22.2 Å². The van der Waals surface area contributed by atoms with Crippen molar-refractivity contribution in [2.75, 3.05) is 17.1 Å². The Hall–Kier alpha value is -1.48. The summed E-state index contributed by atoms with van der Waals surface area (Å²) in [5.41, 5.74) is -1.40. The van der Waals surface area contributed by atoms with E-state index < -0.39 is 39.2 Å². The van der Waals surface area contributed by atoms with Crippen molar-refractivity contribution in [3.8, 4) is 0 Å². The lowest BCUT2D eigenvalue weighted by molar-refractivity contribution is -0.137. The Morgan fingerprint density at radius 3 is 2.52 bits per heavy atom. The minimum Gasteiger partial charge on any atom is -0.352 e. The molecule has 0 unspecified atom stereocenters. The number of carbonyl (C=O) groups excluding carboxylic acids is 1. The van der Waals surface area contributed by atoms with Crippen LogP contribution in [0.5, 0.6) is 0 Å². The number of fused-ring (bicyclic) bond motifs is 2. The van der Waals surface area contributed by atoms with Gasteiger partial charge in [0, 0.05) is 6.04 Å². The SMILES string of the molecule is CS(=O)(=O)N(CC(=O)N[C@@H]1C[C@H]2CC[C@H]1C2)c1ccc(Cl)c(C(F)(F)F)c1. The van der Waals surface area contributed by atoms with Gasteiger partial charge in [0.2, 0.25) is 15.9 Å². The summed E-state index contributed by atoms with van der Waals surface area (Å²) < 4.78 is 64.1. The van der Waals surface area contributed by atoms with Crippen LogP contribution in [0.4, 0.5) is 18.9 Å². The molecule has 2 aliphatic rings. The van der Waals surface area contributed by atoms with Gasteiger partial charge in [-0.05, 0) is 49.3 Å². The highest BCUT2D eigenvalue weighted by Gasteiger charge is 2.40. The zero-order valence-corrected chi connectivity index (χ0v) is 16.2. The van der Waals surface area contributed by atoms with Crippen LogP contribution in [0.15, 0.2) is 18.2 Å². The first-order valence-corrected chi connectivity index (χ1v) is 10.8. The maximum Gasteiger partial charge on any atom is 0.417 e. The molecule has 1 amide bonds. The van der Waals surface area contributed by atoms with E-state index in [9.17, 15) is 26.4 Å². The third-order valence-electron chi connectivity index (χ3n) is 5.32. The van der Waals surface area contributed by atoms with Gasteiger partial charge in [0.25, 0.3) is 0 Å². The monoisotopic (exact) mass is 424 g/mol. The zero-order chi connectivity index (χ0) is 20.0. The minimum atomic E-state index is -4.73. The second kappa shape index (κ2) is 7.16. The van der Waals surface area contributed by atoms with Gasteiger partial charge in [-0.15, -0.1) is 0 Å². The zero-order valence-electron chi connectivity index (χ0n) is 14.6. The normalized spacial score (nSPS) is 24.9. The van der Waals surface area contributed by atoms with Crippen molar-refractivity contribution in [1.29, 1.82) is 0 Å². The summed E-state index contributed by atoms with van der Waals surface area (Å²) in [7, 11) is -3.97. The molecule has 10 heteroatoms. The first-order chi connectivity index (χ1) is 12.4. The number of amides is 1. The second-order valence-corrected chi connectivity index (χ2v) is 9.59. The lowest BCUT2D eigenvalue weighted by atomic mass is 9.95. The summed E-state index contributed by atoms with van der Waals surface area (Å²) in [5.74, 6) is 0.469. The molecule has 27 heavy (non-hydrogen) atoms. The minimum absolute atomic E-state index is 0.00798. The Labute approximate surface area is 160 Å². The van der Waals surface area contributed by atoms with E-state index in [4.69, 9.17) is 11.6 Å². The van der Waals surface area contributed by atoms with Crippen molar-refractivity contribution >= 4 is 33.2 Å². The molecular weight excluding hydrogens is 405 g/mol. The molecule has 0 aromatic heterocycles. The fraction of sp³-hybridized carbons (Fsp3) is 0.588. The van der Waals surface area contributed by atoms with E-state index in [2.05, 4.69) is 5.32 Å². The Kier molecular flexibility index (Phi) is 5.37. The van der Waals surface area contributed by atoms with Gasteiger partial charge in [-0.2, -0.15) is 13.2 Å². The summed E-state index contributed by atoms with van der Waals surface area (Å²) >= 11 is 5.59. The van der Waals surface area contributed by atoms with Crippen LogP contribution >= 0.6 is 11.6 Å². The van der Waals surface area contributed by atoms with E-state index in [-0.39, 0.29) is 11.7 Å². The molecule has 0 heterocycles. The first kappa shape index (κ1) is 20.3. The molecule has 3 atom stereocenters. The highest BCUT2D eigenvalue weighted by molar-refractivity contribution is 7.92. The number of hydrogen-bond donors (Lipinski definition) is 1. The lowest BCUT2D eigenvalue weighted by Gasteiger charge is -2.26. The van der Waals surface area contributed by atoms with Crippen molar-refractivity contribution in [2.45, 2.75) is 37.9 Å². The number of anilines is 1. The number of sulfonamides is 1. The van der Waals surface area contributed by atoms with E-state index >= 15 is 0 Å². The van der Waals surface area contributed by atoms with E-state index in [0.717, 1.165) is 44.1 Å².